The average Bonchev–Trinajstić information content (AvgIpc) is 3.23. The fraction of sp³-hybridized carbons (Fsp3) is 0.579. The van der Waals surface area contributed by atoms with Crippen molar-refractivity contribution in [3.05, 3.63) is 41.1 Å². The molecule has 134 valence electrons. The molecule has 4 rings (SSSR count). The number of carbonyl (C=O) groups excluding carboxylic acids is 1. The fourth-order valence-electron chi connectivity index (χ4n) is 4.25. The molecule has 0 aliphatic carbocycles. The summed E-state index contributed by atoms with van der Waals surface area (Å²) < 4.78 is 13.2. The summed E-state index contributed by atoms with van der Waals surface area (Å²) in [6, 6.07) is 3.96. The van der Waals surface area contributed by atoms with Gasteiger partial charge in [0.05, 0.1) is 24.2 Å². The first kappa shape index (κ1) is 16.4. The number of fused-ring (bicyclic) bond motifs is 1. The van der Waals surface area contributed by atoms with Gasteiger partial charge in [-0.25, -0.2) is 0 Å². The molecule has 2 aliphatic heterocycles. The van der Waals surface area contributed by atoms with Crippen LogP contribution >= 0.6 is 0 Å². The summed E-state index contributed by atoms with van der Waals surface area (Å²) in [5.41, 5.74) is 2.70. The van der Waals surface area contributed by atoms with Crippen LogP contribution in [0, 0.1) is 0 Å². The highest BCUT2D eigenvalue weighted by Crippen LogP contribution is 2.33. The average molecular weight is 343 g/mol. The maximum absolute atomic E-state index is 13.1. The standard InChI is InChI=1S/C19H25N3O3/c1-12-11-15-17(20-21(3)18(15)13(2)25-12)19(23)22-8-6-14(7-9-22)16-5-4-10-24-16/h4-5,10,12-14H,6-9,11H2,1-3H3/t12-,13+/m1/s1. The maximum Gasteiger partial charge on any atom is 0.274 e. The van der Waals surface area contributed by atoms with E-state index in [1.165, 1.54) is 0 Å². The molecule has 0 radical (unpaired) electrons. The van der Waals surface area contributed by atoms with Gasteiger partial charge in [0.25, 0.3) is 5.91 Å². The van der Waals surface area contributed by atoms with Gasteiger partial charge >= 0.3 is 0 Å². The van der Waals surface area contributed by atoms with Crippen LogP contribution in [-0.2, 0) is 18.2 Å². The van der Waals surface area contributed by atoms with E-state index in [0.717, 1.165) is 49.4 Å². The predicted octanol–water partition coefficient (Wildman–Crippen LogP) is 3.06. The summed E-state index contributed by atoms with van der Waals surface area (Å²) in [7, 11) is 1.90. The predicted molar refractivity (Wildman–Crippen MR) is 92.5 cm³/mol. The molecule has 6 nitrogen and oxygen atoms in total. The SMILES string of the molecule is C[C@@H]1Cc2c(C(=O)N3CCC(c4ccco4)CC3)nn(C)c2[C@H](C)O1. The second-order valence-electron chi connectivity index (χ2n) is 7.21. The quantitative estimate of drug-likeness (QED) is 0.841. The lowest BCUT2D eigenvalue weighted by molar-refractivity contribution is -0.00907. The van der Waals surface area contributed by atoms with E-state index < -0.39 is 0 Å². The minimum atomic E-state index is -0.0255. The van der Waals surface area contributed by atoms with Gasteiger partial charge in [0.2, 0.25) is 0 Å². The maximum atomic E-state index is 13.1. The molecule has 2 atom stereocenters. The van der Waals surface area contributed by atoms with E-state index in [4.69, 9.17) is 9.15 Å². The van der Waals surface area contributed by atoms with Gasteiger partial charge in [-0.05, 0) is 38.8 Å². The molecular formula is C19H25N3O3. The van der Waals surface area contributed by atoms with Crippen LogP contribution in [0.2, 0.25) is 0 Å². The molecule has 4 heterocycles. The van der Waals surface area contributed by atoms with Gasteiger partial charge < -0.3 is 14.1 Å². The zero-order valence-corrected chi connectivity index (χ0v) is 15.1. The third kappa shape index (κ3) is 2.88. The van der Waals surface area contributed by atoms with Gasteiger partial charge in [-0.3, -0.25) is 9.48 Å². The van der Waals surface area contributed by atoms with E-state index in [1.807, 2.05) is 35.7 Å². The number of piperidine rings is 1. The monoisotopic (exact) mass is 343 g/mol. The van der Waals surface area contributed by atoms with Crippen molar-refractivity contribution in [3.63, 3.8) is 0 Å². The Morgan fingerprint density at radius 1 is 1.28 bits per heavy atom. The zero-order chi connectivity index (χ0) is 17.6. The molecule has 0 aromatic carbocycles. The van der Waals surface area contributed by atoms with Gasteiger partial charge in [-0.15, -0.1) is 0 Å². The number of aryl methyl sites for hydroxylation is 1. The Hall–Kier alpha value is -2.08. The van der Waals surface area contributed by atoms with Crippen molar-refractivity contribution < 1.29 is 13.9 Å². The highest BCUT2D eigenvalue weighted by Gasteiger charge is 2.34. The Morgan fingerprint density at radius 2 is 2.04 bits per heavy atom. The number of furan rings is 1. The fourth-order valence-corrected chi connectivity index (χ4v) is 4.25. The number of hydrogen-bond donors (Lipinski definition) is 0. The molecule has 0 saturated carbocycles. The molecule has 0 unspecified atom stereocenters. The Bertz CT molecular complexity index is 757. The van der Waals surface area contributed by atoms with Crippen molar-refractivity contribution in [3.8, 4) is 0 Å². The lowest BCUT2D eigenvalue weighted by atomic mass is 9.93. The summed E-state index contributed by atoms with van der Waals surface area (Å²) in [5.74, 6) is 1.49. The van der Waals surface area contributed by atoms with Crippen LogP contribution in [0.25, 0.3) is 0 Å². The molecule has 1 fully saturated rings. The minimum Gasteiger partial charge on any atom is -0.469 e. The van der Waals surface area contributed by atoms with E-state index >= 15 is 0 Å². The second-order valence-corrected chi connectivity index (χ2v) is 7.21. The van der Waals surface area contributed by atoms with Crippen molar-refractivity contribution >= 4 is 5.91 Å². The van der Waals surface area contributed by atoms with Crippen molar-refractivity contribution in [1.82, 2.24) is 14.7 Å². The smallest absolute Gasteiger partial charge is 0.274 e. The van der Waals surface area contributed by atoms with Gasteiger partial charge in [0.15, 0.2) is 5.69 Å². The number of ether oxygens (including phenoxy) is 1. The first-order valence-corrected chi connectivity index (χ1v) is 9.08. The normalized spacial score (nSPS) is 24.4. The topological polar surface area (TPSA) is 60.5 Å². The van der Waals surface area contributed by atoms with Crippen molar-refractivity contribution in [1.29, 1.82) is 0 Å². The Kier molecular flexibility index (Phi) is 4.15. The number of likely N-dealkylation sites (tertiary alicyclic amines) is 1. The molecule has 0 N–H and O–H groups in total. The minimum absolute atomic E-state index is 0.0255. The molecule has 0 bridgehead atoms. The van der Waals surface area contributed by atoms with E-state index in [9.17, 15) is 4.79 Å². The van der Waals surface area contributed by atoms with Crippen LogP contribution in [0.3, 0.4) is 0 Å². The molecule has 0 spiro atoms. The van der Waals surface area contributed by atoms with Gasteiger partial charge in [-0.2, -0.15) is 5.10 Å². The van der Waals surface area contributed by atoms with Crippen LogP contribution in [0.5, 0.6) is 0 Å². The van der Waals surface area contributed by atoms with Crippen molar-refractivity contribution in [2.75, 3.05) is 13.1 Å². The third-order valence-corrected chi connectivity index (χ3v) is 5.44. The zero-order valence-electron chi connectivity index (χ0n) is 15.1. The Labute approximate surface area is 147 Å². The number of hydrogen-bond acceptors (Lipinski definition) is 4. The molecule has 1 amide bonds. The summed E-state index contributed by atoms with van der Waals surface area (Å²) in [6.07, 6.45) is 4.42. The Morgan fingerprint density at radius 3 is 2.72 bits per heavy atom. The Balaban J connectivity index is 1.52. The van der Waals surface area contributed by atoms with Crippen LogP contribution in [0.1, 0.15) is 66.2 Å². The largest absolute Gasteiger partial charge is 0.469 e. The first-order valence-electron chi connectivity index (χ1n) is 9.08. The molecule has 2 aromatic heterocycles. The van der Waals surface area contributed by atoms with Gasteiger partial charge in [0, 0.05) is 38.0 Å². The molecule has 2 aliphatic rings. The summed E-state index contributed by atoms with van der Waals surface area (Å²) in [5, 5.41) is 4.55. The number of rotatable bonds is 2. The van der Waals surface area contributed by atoms with Gasteiger partial charge in [-0.1, -0.05) is 0 Å². The summed E-state index contributed by atoms with van der Waals surface area (Å²) in [4.78, 5) is 15.0. The second kappa shape index (κ2) is 6.33. The lowest BCUT2D eigenvalue weighted by Crippen LogP contribution is -2.38. The van der Waals surface area contributed by atoms with E-state index in [1.54, 1.807) is 6.26 Å². The highest BCUT2D eigenvalue weighted by atomic mass is 16.5. The molecule has 2 aromatic rings. The third-order valence-electron chi connectivity index (χ3n) is 5.44. The van der Waals surface area contributed by atoms with Crippen LogP contribution in [0.15, 0.2) is 22.8 Å². The van der Waals surface area contributed by atoms with Crippen LogP contribution in [-0.4, -0.2) is 39.8 Å². The molecule has 6 heteroatoms. The summed E-state index contributed by atoms with van der Waals surface area (Å²) in [6.45, 7) is 5.57. The van der Waals surface area contributed by atoms with E-state index in [0.29, 0.717) is 11.6 Å². The van der Waals surface area contributed by atoms with E-state index in [-0.39, 0.29) is 18.1 Å². The number of nitrogens with zero attached hydrogens (tertiary/aromatic N) is 3. The molecule has 1 saturated heterocycles. The lowest BCUT2D eigenvalue weighted by Gasteiger charge is -2.31. The van der Waals surface area contributed by atoms with Crippen LogP contribution < -0.4 is 0 Å². The number of amides is 1. The summed E-state index contributed by atoms with van der Waals surface area (Å²) >= 11 is 0. The van der Waals surface area contributed by atoms with E-state index in [2.05, 4.69) is 12.0 Å². The molecular weight excluding hydrogens is 318 g/mol. The first-order chi connectivity index (χ1) is 12.0. The van der Waals surface area contributed by atoms with Crippen LogP contribution in [0.4, 0.5) is 0 Å². The molecule has 25 heavy (non-hydrogen) atoms. The number of aromatic nitrogens is 2. The highest BCUT2D eigenvalue weighted by molar-refractivity contribution is 5.94. The van der Waals surface area contributed by atoms with Crippen molar-refractivity contribution in [2.45, 2.75) is 51.2 Å². The number of carbonyl (C=O) groups is 1. The van der Waals surface area contributed by atoms with Gasteiger partial charge in [0.1, 0.15) is 5.76 Å². The van der Waals surface area contributed by atoms with Crippen molar-refractivity contribution in [2.24, 2.45) is 7.05 Å².